The lowest BCUT2D eigenvalue weighted by atomic mass is 10.4. The van der Waals surface area contributed by atoms with Crippen molar-refractivity contribution in [1.29, 1.82) is 0 Å². The van der Waals surface area contributed by atoms with Crippen LogP contribution in [-0.2, 0) is 16.0 Å². The number of aromatic nitrogens is 2. The molecule has 0 bridgehead atoms. The summed E-state index contributed by atoms with van der Waals surface area (Å²) in [4.78, 5) is 0. The minimum Gasteiger partial charge on any atom is -0.354 e. The summed E-state index contributed by atoms with van der Waals surface area (Å²) in [5.41, 5.74) is 0.917. The zero-order valence-electron chi connectivity index (χ0n) is 7.95. The molecular weight excluding hydrogens is 192 g/mol. The SMILES string of the molecule is COC(Cn1ncc(Cl)c1C)OC. The lowest BCUT2D eigenvalue weighted by Crippen LogP contribution is -2.21. The van der Waals surface area contributed by atoms with Gasteiger partial charge in [-0.3, -0.25) is 4.68 Å². The van der Waals surface area contributed by atoms with Gasteiger partial charge >= 0.3 is 0 Å². The Labute approximate surface area is 82.4 Å². The van der Waals surface area contributed by atoms with Crippen LogP contribution in [-0.4, -0.2) is 30.3 Å². The van der Waals surface area contributed by atoms with E-state index in [1.54, 1.807) is 25.1 Å². The maximum Gasteiger partial charge on any atom is 0.176 e. The second-order valence-corrected chi connectivity index (χ2v) is 3.07. The minimum absolute atomic E-state index is 0.283. The monoisotopic (exact) mass is 204 g/mol. The number of methoxy groups -OCH3 is 2. The van der Waals surface area contributed by atoms with Crippen LogP contribution in [0.2, 0.25) is 5.02 Å². The van der Waals surface area contributed by atoms with Gasteiger partial charge < -0.3 is 9.47 Å². The Hall–Kier alpha value is -0.580. The predicted octanol–water partition coefficient (Wildman–Crippen LogP) is 1.46. The van der Waals surface area contributed by atoms with Crippen molar-refractivity contribution >= 4 is 11.6 Å². The predicted molar refractivity (Wildman–Crippen MR) is 49.8 cm³/mol. The fourth-order valence-corrected chi connectivity index (χ4v) is 1.14. The second kappa shape index (κ2) is 4.60. The molecule has 5 heteroatoms. The van der Waals surface area contributed by atoms with Crippen molar-refractivity contribution in [2.75, 3.05) is 14.2 Å². The Morgan fingerprint density at radius 3 is 2.54 bits per heavy atom. The van der Waals surface area contributed by atoms with E-state index in [2.05, 4.69) is 5.10 Å². The van der Waals surface area contributed by atoms with Gasteiger partial charge in [0, 0.05) is 14.2 Å². The minimum atomic E-state index is -0.283. The molecule has 0 aliphatic rings. The molecule has 0 unspecified atom stereocenters. The van der Waals surface area contributed by atoms with Crippen molar-refractivity contribution in [3.63, 3.8) is 0 Å². The van der Waals surface area contributed by atoms with Crippen LogP contribution in [0.15, 0.2) is 6.20 Å². The molecule has 0 aromatic carbocycles. The molecule has 1 aromatic heterocycles. The molecular formula is C8H13ClN2O2. The molecule has 0 N–H and O–H groups in total. The third-order valence-corrected chi connectivity index (χ3v) is 2.26. The normalized spacial score (nSPS) is 11.2. The van der Waals surface area contributed by atoms with E-state index in [1.807, 2.05) is 6.92 Å². The Balaban J connectivity index is 2.67. The fraction of sp³-hybridized carbons (Fsp3) is 0.625. The fourth-order valence-electron chi connectivity index (χ4n) is 0.994. The maximum atomic E-state index is 5.83. The highest BCUT2D eigenvalue weighted by Gasteiger charge is 2.10. The van der Waals surface area contributed by atoms with E-state index in [-0.39, 0.29) is 6.29 Å². The number of rotatable bonds is 4. The molecule has 13 heavy (non-hydrogen) atoms. The van der Waals surface area contributed by atoms with Crippen molar-refractivity contribution in [2.24, 2.45) is 0 Å². The van der Waals surface area contributed by atoms with Gasteiger partial charge in [0.1, 0.15) is 0 Å². The van der Waals surface area contributed by atoms with Crippen LogP contribution in [0.4, 0.5) is 0 Å². The van der Waals surface area contributed by atoms with Gasteiger partial charge in [-0.05, 0) is 6.92 Å². The molecule has 0 aliphatic heterocycles. The third kappa shape index (κ3) is 2.43. The molecule has 0 fully saturated rings. The first kappa shape index (κ1) is 10.5. The molecule has 0 radical (unpaired) electrons. The summed E-state index contributed by atoms with van der Waals surface area (Å²) < 4.78 is 11.8. The van der Waals surface area contributed by atoms with Crippen molar-refractivity contribution in [1.82, 2.24) is 9.78 Å². The van der Waals surface area contributed by atoms with Crippen LogP contribution >= 0.6 is 11.6 Å². The average molecular weight is 205 g/mol. The first-order valence-electron chi connectivity index (χ1n) is 3.92. The van der Waals surface area contributed by atoms with Gasteiger partial charge in [0.15, 0.2) is 6.29 Å². The largest absolute Gasteiger partial charge is 0.354 e. The Morgan fingerprint density at radius 2 is 2.15 bits per heavy atom. The van der Waals surface area contributed by atoms with E-state index >= 15 is 0 Å². The van der Waals surface area contributed by atoms with Gasteiger partial charge in [0.2, 0.25) is 0 Å². The summed E-state index contributed by atoms with van der Waals surface area (Å²) in [5.74, 6) is 0. The molecule has 0 amide bonds. The van der Waals surface area contributed by atoms with Crippen molar-refractivity contribution < 1.29 is 9.47 Å². The number of halogens is 1. The second-order valence-electron chi connectivity index (χ2n) is 2.66. The number of nitrogens with zero attached hydrogens (tertiary/aromatic N) is 2. The van der Waals surface area contributed by atoms with Crippen molar-refractivity contribution in [2.45, 2.75) is 19.8 Å². The smallest absolute Gasteiger partial charge is 0.176 e. The van der Waals surface area contributed by atoms with Crippen molar-refractivity contribution in [3.05, 3.63) is 16.9 Å². The molecule has 0 saturated carbocycles. The van der Waals surface area contributed by atoms with Crippen LogP contribution in [0.1, 0.15) is 5.69 Å². The van der Waals surface area contributed by atoms with E-state index in [1.165, 1.54) is 0 Å². The number of hydrogen-bond donors (Lipinski definition) is 0. The molecule has 4 nitrogen and oxygen atoms in total. The van der Waals surface area contributed by atoms with Gasteiger partial charge in [0.05, 0.1) is 23.5 Å². The summed E-state index contributed by atoms with van der Waals surface area (Å²) in [7, 11) is 3.18. The Morgan fingerprint density at radius 1 is 1.54 bits per heavy atom. The molecule has 1 heterocycles. The van der Waals surface area contributed by atoms with Gasteiger partial charge in [-0.1, -0.05) is 11.6 Å². The molecule has 1 rings (SSSR count). The van der Waals surface area contributed by atoms with Gasteiger partial charge in [-0.25, -0.2) is 0 Å². The van der Waals surface area contributed by atoms with Gasteiger partial charge in [0.25, 0.3) is 0 Å². The highest BCUT2D eigenvalue weighted by Crippen LogP contribution is 2.13. The van der Waals surface area contributed by atoms with Crippen LogP contribution in [0.25, 0.3) is 0 Å². The Kier molecular flexibility index (Phi) is 3.71. The molecule has 74 valence electrons. The first-order chi connectivity index (χ1) is 6.19. The van der Waals surface area contributed by atoms with Crippen molar-refractivity contribution in [3.8, 4) is 0 Å². The highest BCUT2D eigenvalue weighted by molar-refractivity contribution is 6.31. The van der Waals surface area contributed by atoms with Crippen LogP contribution in [0, 0.1) is 6.92 Å². The highest BCUT2D eigenvalue weighted by atomic mass is 35.5. The number of ether oxygens (including phenoxy) is 2. The van der Waals surface area contributed by atoms with E-state index in [4.69, 9.17) is 21.1 Å². The molecule has 0 atom stereocenters. The van der Waals surface area contributed by atoms with Crippen LogP contribution in [0.3, 0.4) is 0 Å². The average Bonchev–Trinajstić information content (AvgIpc) is 2.45. The summed E-state index contributed by atoms with van der Waals surface area (Å²) in [5, 5.41) is 4.73. The summed E-state index contributed by atoms with van der Waals surface area (Å²) in [6.45, 7) is 2.45. The number of hydrogen-bond acceptors (Lipinski definition) is 3. The van der Waals surface area contributed by atoms with E-state index in [9.17, 15) is 0 Å². The Bertz CT molecular complexity index is 271. The molecule has 1 aromatic rings. The lowest BCUT2D eigenvalue weighted by Gasteiger charge is -2.13. The van der Waals surface area contributed by atoms with E-state index in [0.29, 0.717) is 11.6 Å². The van der Waals surface area contributed by atoms with Crippen LogP contribution < -0.4 is 0 Å². The zero-order valence-corrected chi connectivity index (χ0v) is 8.71. The topological polar surface area (TPSA) is 36.3 Å². The quantitative estimate of drug-likeness (QED) is 0.697. The van der Waals surface area contributed by atoms with E-state index < -0.39 is 0 Å². The summed E-state index contributed by atoms with van der Waals surface area (Å²) >= 11 is 5.83. The lowest BCUT2D eigenvalue weighted by molar-refractivity contribution is -0.112. The zero-order chi connectivity index (χ0) is 9.84. The maximum absolute atomic E-state index is 5.83. The first-order valence-corrected chi connectivity index (χ1v) is 4.30. The summed E-state index contributed by atoms with van der Waals surface area (Å²) in [6.07, 6.45) is 1.33. The van der Waals surface area contributed by atoms with E-state index in [0.717, 1.165) is 5.69 Å². The van der Waals surface area contributed by atoms with Crippen LogP contribution in [0.5, 0.6) is 0 Å². The third-order valence-electron chi connectivity index (χ3n) is 1.89. The van der Waals surface area contributed by atoms with Gasteiger partial charge in [-0.2, -0.15) is 5.10 Å². The molecule has 0 aliphatic carbocycles. The standard InChI is InChI=1S/C8H13ClN2O2/c1-6-7(9)4-10-11(6)5-8(12-2)13-3/h4,8H,5H2,1-3H3. The molecule has 0 saturated heterocycles. The summed E-state index contributed by atoms with van der Waals surface area (Å²) in [6, 6.07) is 0. The van der Waals surface area contributed by atoms with Gasteiger partial charge in [-0.15, -0.1) is 0 Å². The molecule has 0 spiro atoms.